The zero-order valence-electron chi connectivity index (χ0n) is 22.8. The van der Waals surface area contributed by atoms with Crippen LogP contribution in [0.15, 0.2) is 23.3 Å². The summed E-state index contributed by atoms with van der Waals surface area (Å²) < 4.78 is 0. The second-order valence-corrected chi connectivity index (χ2v) is 14.0. The van der Waals surface area contributed by atoms with Crippen LogP contribution in [0, 0.1) is 39.4 Å². The van der Waals surface area contributed by atoms with Gasteiger partial charge in [0.25, 0.3) is 0 Å². The van der Waals surface area contributed by atoms with E-state index < -0.39 is 5.60 Å². The number of hydrogen-bond donors (Lipinski definition) is 3. The largest absolute Gasteiger partial charge is 0.396 e. The summed E-state index contributed by atoms with van der Waals surface area (Å²) >= 11 is 0. The molecule has 0 amide bonds. The molecule has 0 saturated heterocycles. The first-order valence-corrected chi connectivity index (χ1v) is 13.8. The Morgan fingerprint density at radius 1 is 1.00 bits per heavy atom. The van der Waals surface area contributed by atoms with Gasteiger partial charge in [-0.1, -0.05) is 57.9 Å². The summed E-state index contributed by atoms with van der Waals surface area (Å²) in [5.74, 6) is 1.28. The van der Waals surface area contributed by atoms with Gasteiger partial charge in [0.1, 0.15) is 5.60 Å². The van der Waals surface area contributed by atoms with Crippen LogP contribution in [0.2, 0.25) is 0 Å². The molecule has 0 aromatic heterocycles. The third-order valence-corrected chi connectivity index (χ3v) is 11.8. The lowest BCUT2D eigenvalue weighted by molar-refractivity contribution is -0.297. The van der Waals surface area contributed by atoms with Gasteiger partial charge in [-0.05, 0) is 111 Å². The Labute approximate surface area is 207 Å². The molecule has 4 rings (SSSR count). The molecule has 0 aliphatic heterocycles. The van der Waals surface area contributed by atoms with Gasteiger partial charge in [0.05, 0.1) is 6.10 Å². The molecule has 4 aliphatic rings. The van der Waals surface area contributed by atoms with Crippen molar-refractivity contribution in [2.75, 3.05) is 6.61 Å². The van der Waals surface area contributed by atoms with Crippen LogP contribution in [-0.2, 0) is 4.89 Å². The molecule has 0 heterocycles. The van der Waals surface area contributed by atoms with E-state index in [4.69, 9.17) is 5.26 Å². The first kappa shape index (κ1) is 26.4. The van der Waals surface area contributed by atoms with Crippen molar-refractivity contribution in [2.24, 2.45) is 39.4 Å². The van der Waals surface area contributed by atoms with Crippen molar-refractivity contribution in [2.45, 2.75) is 118 Å². The molecule has 4 heteroatoms. The third kappa shape index (κ3) is 3.78. The summed E-state index contributed by atoms with van der Waals surface area (Å²) in [4.78, 5) is 4.56. The lowest BCUT2D eigenvalue weighted by Crippen LogP contribution is -2.55. The molecule has 0 aromatic carbocycles. The Morgan fingerprint density at radius 3 is 2.35 bits per heavy atom. The first-order chi connectivity index (χ1) is 15.8. The molecular weight excluding hydrogens is 424 g/mol. The molecule has 3 N–H and O–H groups in total. The van der Waals surface area contributed by atoms with E-state index in [2.05, 4.69) is 45.6 Å². The molecular formula is C30H50O4. The van der Waals surface area contributed by atoms with E-state index in [1.54, 1.807) is 11.1 Å². The highest BCUT2D eigenvalue weighted by Gasteiger charge is 2.63. The van der Waals surface area contributed by atoms with E-state index in [1.165, 1.54) is 38.5 Å². The Balaban J connectivity index is 1.64. The fraction of sp³-hybridized carbons (Fsp3) is 0.867. The normalized spacial score (nSPS) is 42.9. The fourth-order valence-electron chi connectivity index (χ4n) is 9.40. The predicted octanol–water partition coefficient (Wildman–Crippen LogP) is 6.92. The van der Waals surface area contributed by atoms with Crippen molar-refractivity contribution in [3.05, 3.63) is 23.3 Å². The monoisotopic (exact) mass is 474 g/mol. The van der Waals surface area contributed by atoms with Gasteiger partial charge in [-0.15, -0.1) is 0 Å². The van der Waals surface area contributed by atoms with Gasteiger partial charge in [0, 0.05) is 6.61 Å². The summed E-state index contributed by atoms with van der Waals surface area (Å²) in [5, 5.41) is 30.3. The van der Waals surface area contributed by atoms with Crippen LogP contribution in [0.25, 0.3) is 0 Å². The second kappa shape index (κ2) is 8.71. The number of aliphatic hydroxyl groups excluding tert-OH is 2. The highest BCUT2D eigenvalue weighted by molar-refractivity contribution is 5.38. The second-order valence-electron chi connectivity index (χ2n) is 14.0. The molecule has 0 aromatic rings. The van der Waals surface area contributed by atoms with Crippen molar-refractivity contribution in [3.8, 4) is 0 Å². The highest BCUT2D eigenvalue weighted by Crippen LogP contribution is 2.72. The lowest BCUT2D eigenvalue weighted by Gasteiger charge is -2.62. The van der Waals surface area contributed by atoms with E-state index in [0.717, 1.165) is 19.3 Å². The number of allylic oxidation sites excluding steroid dienone is 3. The summed E-state index contributed by atoms with van der Waals surface area (Å²) in [6, 6.07) is 0. The predicted molar refractivity (Wildman–Crippen MR) is 137 cm³/mol. The Bertz CT molecular complexity index is 841. The van der Waals surface area contributed by atoms with Crippen molar-refractivity contribution >= 4 is 0 Å². The standard InChI is InChI=1S/C30H50O4/c1-26(2,34-33)15-8-9-20(19-31)21-12-17-30(7)23-10-11-24-27(3,4)25(32)14-16-28(24,5)22(23)13-18-29(21,30)6/h8,15,20-21,24-25,31-33H,9-14,16-19H2,1-7H3. The van der Waals surface area contributed by atoms with Gasteiger partial charge in [-0.3, -0.25) is 5.26 Å². The topological polar surface area (TPSA) is 69.9 Å². The Hall–Kier alpha value is -0.680. The van der Waals surface area contributed by atoms with Crippen molar-refractivity contribution in [3.63, 3.8) is 0 Å². The molecule has 7 atom stereocenters. The number of aliphatic hydroxyl groups is 2. The first-order valence-electron chi connectivity index (χ1n) is 13.8. The van der Waals surface area contributed by atoms with Crippen LogP contribution in [0.3, 0.4) is 0 Å². The zero-order chi connectivity index (χ0) is 25.2. The van der Waals surface area contributed by atoms with Crippen LogP contribution < -0.4 is 0 Å². The van der Waals surface area contributed by atoms with Crippen LogP contribution in [-0.4, -0.2) is 33.8 Å². The molecule has 194 valence electrons. The zero-order valence-corrected chi connectivity index (χ0v) is 22.8. The lowest BCUT2D eigenvalue weighted by atomic mass is 9.43. The van der Waals surface area contributed by atoms with Crippen LogP contribution in [0.4, 0.5) is 0 Å². The van der Waals surface area contributed by atoms with Crippen LogP contribution >= 0.6 is 0 Å². The molecule has 34 heavy (non-hydrogen) atoms. The van der Waals surface area contributed by atoms with E-state index in [1.807, 2.05) is 19.9 Å². The van der Waals surface area contributed by atoms with Crippen molar-refractivity contribution in [1.29, 1.82) is 0 Å². The van der Waals surface area contributed by atoms with Crippen LogP contribution in [0.5, 0.6) is 0 Å². The van der Waals surface area contributed by atoms with Gasteiger partial charge in [-0.2, -0.15) is 0 Å². The van der Waals surface area contributed by atoms with Gasteiger partial charge < -0.3 is 10.2 Å². The van der Waals surface area contributed by atoms with E-state index in [-0.39, 0.29) is 40.3 Å². The third-order valence-electron chi connectivity index (χ3n) is 11.8. The molecule has 2 saturated carbocycles. The van der Waals surface area contributed by atoms with Gasteiger partial charge in [0.15, 0.2) is 0 Å². The number of fused-ring (bicyclic) bond motifs is 4. The summed E-state index contributed by atoms with van der Waals surface area (Å²) in [7, 11) is 0. The molecule has 7 unspecified atom stereocenters. The van der Waals surface area contributed by atoms with E-state index in [9.17, 15) is 10.2 Å². The smallest absolute Gasteiger partial charge is 0.116 e. The average Bonchev–Trinajstić information content (AvgIpc) is 3.06. The number of rotatable bonds is 6. The Kier molecular flexibility index (Phi) is 6.76. The molecule has 0 spiro atoms. The summed E-state index contributed by atoms with van der Waals surface area (Å²) in [5.41, 5.74) is 3.38. The molecule has 4 nitrogen and oxygen atoms in total. The fourth-order valence-corrected chi connectivity index (χ4v) is 9.40. The van der Waals surface area contributed by atoms with Crippen LogP contribution in [0.1, 0.15) is 106 Å². The SMILES string of the molecule is CC(C)(C=CCC(CO)C1CCC2(C)C3=C(CCC12C)C1(C)CCC(O)C(C)(C)C1CC3)OO. The molecule has 0 radical (unpaired) electrons. The molecule has 2 fully saturated rings. The maximum atomic E-state index is 10.8. The molecule has 4 aliphatic carbocycles. The van der Waals surface area contributed by atoms with Gasteiger partial charge in [-0.25, -0.2) is 4.89 Å². The Morgan fingerprint density at radius 2 is 1.71 bits per heavy atom. The average molecular weight is 475 g/mol. The quantitative estimate of drug-likeness (QED) is 0.222. The van der Waals surface area contributed by atoms with Crippen molar-refractivity contribution in [1.82, 2.24) is 0 Å². The summed E-state index contributed by atoms with van der Waals surface area (Å²) in [6.45, 7) is 16.1. The van der Waals surface area contributed by atoms with E-state index in [0.29, 0.717) is 11.8 Å². The molecule has 0 bridgehead atoms. The minimum absolute atomic E-state index is 0.0220. The van der Waals surface area contributed by atoms with Crippen molar-refractivity contribution < 1.29 is 20.4 Å². The summed E-state index contributed by atoms with van der Waals surface area (Å²) in [6.07, 6.45) is 13.8. The maximum Gasteiger partial charge on any atom is 0.116 e. The van der Waals surface area contributed by atoms with E-state index >= 15 is 0 Å². The maximum absolute atomic E-state index is 10.8. The van der Waals surface area contributed by atoms with Gasteiger partial charge >= 0.3 is 0 Å². The van der Waals surface area contributed by atoms with Gasteiger partial charge in [0.2, 0.25) is 0 Å². The minimum atomic E-state index is -0.700. The number of hydrogen-bond acceptors (Lipinski definition) is 4. The highest BCUT2D eigenvalue weighted by atomic mass is 17.1. The minimum Gasteiger partial charge on any atom is -0.396 e.